The van der Waals surface area contributed by atoms with Crippen LogP contribution in [0, 0.1) is 6.92 Å². The Kier molecular flexibility index (Phi) is 4.85. The van der Waals surface area contributed by atoms with Crippen LogP contribution in [0.1, 0.15) is 11.4 Å². The van der Waals surface area contributed by atoms with Gasteiger partial charge in [-0.25, -0.2) is 4.98 Å². The number of rotatable bonds is 4. The first-order valence-electron chi connectivity index (χ1n) is 8.56. The molecule has 5 heteroatoms. The number of hydrogen-bond acceptors (Lipinski definition) is 4. The van der Waals surface area contributed by atoms with Crippen molar-refractivity contribution in [2.45, 2.75) is 16.7 Å². The largest absolute Gasteiger partial charge is 0.282 e. The van der Waals surface area contributed by atoms with Gasteiger partial charge in [-0.1, -0.05) is 54.2 Å². The molecular formula is C22H17N3OS. The van der Waals surface area contributed by atoms with Crippen LogP contribution in [0.2, 0.25) is 0 Å². The monoisotopic (exact) mass is 371 g/mol. The van der Waals surface area contributed by atoms with E-state index in [1.54, 1.807) is 31.0 Å². The van der Waals surface area contributed by atoms with Gasteiger partial charge in [0.15, 0.2) is 0 Å². The molecule has 0 unspecified atom stereocenters. The lowest BCUT2D eigenvalue weighted by molar-refractivity contribution is 0.771. The number of fused-ring (bicyclic) bond motifs is 1. The molecule has 1 heterocycles. The molecule has 0 aliphatic heterocycles. The fourth-order valence-corrected chi connectivity index (χ4v) is 3.58. The molecule has 0 aliphatic carbocycles. The van der Waals surface area contributed by atoms with Gasteiger partial charge in [0, 0.05) is 9.79 Å². The van der Waals surface area contributed by atoms with Crippen molar-refractivity contribution < 1.29 is 0 Å². The number of para-hydroxylation sites is 1. The van der Waals surface area contributed by atoms with Crippen LogP contribution in [-0.4, -0.2) is 15.9 Å². The SMILES string of the molecule is Cc1nc2ccccc2c(=O)n1/N=C\c1ccc(Sc2ccccc2)cc1. The average molecular weight is 371 g/mol. The zero-order valence-corrected chi connectivity index (χ0v) is 15.6. The minimum absolute atomic E-state index is 0.161. The zero-order valence-electron chi connectivity index (χ0n) is 14.7. The molecule has 3 aromatic carbocycles. The highest BCUT2D eigenvalue weighted by Crippen LogP contribution is 2.27. The minimum Gasteiger partial charge on any atom is -0.267 e. The maximum absolute atomic E-state index is 12.6. The maximum atomic E-state index is 12.6. The summed E-state index contributed by atoms with van der Waals surface area (Å²) >= 11 is 1.71. The van der Waals surface area contributed by atoms with Gasteiger partial charge in [-0.15, -0.1) is 0 Å². The molecule has 0 fully saturated rings. The van der Waals surface area contributed by atoms with Gasteiger partial charge < -0.3 is 0 Å². The highest BCUT2D eigenvalue weighted by molar-refractivity contribution is 7.99. The molecule has 0 saturated heterocycles. The summed E-state index contributed by atoms with van der Waals surface area (Å²) in [4.78, 5) is 19.4. The first-order chi connectivity index (χ1) is 13.2. The Bertz CT molecular complexity index is 1170. The summed E-state index contributed by atoms with van der Waals surface area (Å²) in [6.07, 6.45) is 1.68. The van der Waals surface area contributed by atoms with E-state index in [0.717, 1.165) is 10.5 Å². The van der Waals surface area contributed by atoms with Gasteiger partial charge >= 0.3 is 0 Å². The third-order valence-corrected chi connectivity index (χ3v) is 5.11. The van der Waals surface area contributed by atoms with Crippen LogP contribution in [0.15, 0.2) is 98.5 Å². The van der Waals surface area contributed by atoms with E-state index in [1.165, 1.54) is 9.57 Å². The van der Waals surface area contributed by atoms with E-state index in [4.69, 9.17) is 0 Å². The van der Waals surface area contributed by atoms with E-state index in [9.17, 15) is 4.79 Å². The van der Waals surface area contributed by atoms with Gasteiger partial charge in [-0.05, 0) is 48.9 Å². The zero-order chi connectivity index (χ0) is 18.6. The number of hydrogen-bond donors (Lipinski definition) is 0. The summed E-state index contributed by atoms with van der Waals surface area (Å²) in [5, 5.41) is 4.91. The summed E-state index contributed by atoms with van der Waals surface area (Å²) in [5.74, 6) is 0.561. The van der Waals surface area contributed by atoms with Gasteiger partial charge in [0.05, 0.1) is 17.1 Å². The van der Waals surface area contributed by atoms with Crippen molar-refractivity contribution in [3.05, 3.63) is 101 Å². The summed E-state index contributed by atoms with van der Waals surface area (Å²) in [7, 11) is 0. The molecule has 0 saturated carbocycles. The molecule has 4 rings (SSSR count). The van der Waals surface area contributed by atoms with Gasteiger partial charge in [0.2, 0.25) is 0 Å². The molecule has 4 aromatic rings. The molecule has 0 spiro atoms. The van der Waals surface area contributed by atoms with Crippen LogP contribution >= 0.6 is 11.8 Å². The Morgan fingerprint density at radius 2 is 1.56 bits per heavy atom. The molecule has 0 N–H and O–H groups in total. The second-order valence-electron chi connectivity index (χ2n) is 6.02. The molecule has 27 heavy (non-hydrogen) atoms. The molecule has 0 aliphatic rings. The molecule has 0 atom stereocenters. The van der Waals surface area contributed by atoms with E-state index in [2.05, 4.69) is 22.2 Å². The van der Waals surface area contributed by atoms with Crippen LogP contribution in [0.5, 0.6) is 0 Å². The third-order valence-electron chi connectivity index (χ3n) is 4.10. The van der Waals surface area contributed by atoms with Crippen molar-refractivity contribution in [3.63, 3.8) is 0 Å². The molecule has 1 aromatic heterocycles. The fraction of sp³-hybridized carbons (Fsp3) is 0.0455. The average Bonchev–Trinajstić information content (AvgIpc) is 2.70. The minimum atomic E-state index is -0.161. The van der Waals surface area contributed by atoms with Crippen LogP contribution in [0.3, 0.4) is 0 Å². The normalized spacial score (nSPS) is 11.3. The van der Waals surface area contributed by atoms with Gasteiger partial charge in [-0.2, -0.15) is 9.78 Å². The Balaban J connectivity index is 1.58. The predicted molar refractivity (Wildman–Crippen MR) is 111 cm³/mol. The van der Waals surface area contributed by atoms with Gasteiger partial charge in [0.25, 0.3) is 5.56 Å². The van der Waals surface area contributed by atoms with Crippen molar-refractivity contribution in [2.75, 3.05) is 0 Å². The Morgan fingerprint density at radius 3 is 2.33 bits per heavy atom. The first-order valence-corrected chi connectivity index (χ1v) is 9.38. The number of aryl methyl sites for hydroxylation is 1. The number of benzene rings is 3. The van der Waals surface area contributed by atoms with Crippen LogP contribution < -0.4 is 5.56 Å². The van der Waals surface area contributed by atoms with Crippen molar-refractivity contribution in [1.82, 2.24) is 9.66 Å². The number of aromatic nitrogens is 2. The van der Waals surface area contributed by atoms with Crippen molar-refractivity contribution in [1.29, 1.82) is 0 Å². The van der Waals surface area contributed by atoms with E-state index in [0.29, 0.717) is 16.7 Å². The Labute approximate surface area is 161 Å². The molecular weight excluding hydrogens is 354 g/mol. The van der Waals surface area contributed by atoms with Gasteiger partial charge in [0.1, 0.15) is 5.82 Å². The summed E-state index contributed by atoms with van der Waals surface area (Å²) in [5.41, 5.74) is 1.45. The quantitative estimate of drug-likeness (QED) is 0.487. The third kappa shape index (κ3) is 3.83. The van der Waals surface area contributed by atoms with Crippen LogP contribution in [0.4, 0.5) is 0 Å². The van der Waals surface area contributed by atoms with Gasteiger partial charge in [-0.3, -0.25) is 4.79 Å². The topological polar surface area (TPSA) is 47.2 Å². The van der Waals surface area contributed by atoms with E-state index < -0.39 is 0 Å². The molecule has 0 radical (unpaired) electrons. The van der Waals surface area contributed by atoms with E-state index in [-0.39, 0.29) is 5.56 Å². The number of nitrogens with zero attached hydrogens (tertiary/aromatic N) is 3. The first kappa shape index (κ1) is 17.2. The summed E-state index contributed by atoms with van der Waals surface area (Å²) < 4.78 is 1.34. The highest BCUT2D eigenvalue weighted by atomic mass is 32.2. The molecule has 4 nitrogen and oxygen atoms in total. The smallest absolute Gasteiger partial charge is 0.267 e. The Hall–Kier alpha value is -3.18. The summed E-state index contributed by atoms with van der Waals surface area (Å²) in [6, 6.07) is 25.6. The lowest BCUT2D eigenvalue weighted by Gasteiger charge is -2.05. The lowest BCUT2D eigenvalue weighted by atomic mass is 10.2. The van der Waals surface area contributed by atoms with E-state index >= 15 is 0 Å². The molecule has 0 bridgehead atoms. The highest BCUT2D eigenvalue weighted by Gasteiger charge is 2.06. The molecule has 0 amide bonds. The van der Waals surface area contributed by atoms with E-state index in [1.807, 2.05) is 60.7 Å². The predicted octanol–water partition coefficient (Wildman–Crippen LogP) is 4.74. The maximum Gasteiger partial charge on any atom is 0.282 e. The van der Waals surface area contributed by atoms with Crippen LogP contribution in [0.25, 0.3) is 10.9 Å². The summed E-state index contributed by atoms with van der Waals surface area (Å²) in [6.45, 7) is 1.78. The second kappa shape index (κ2) is 7.60. The standard InChI is InChI=1S/C22H17N3OS/c1-16-24-21-10-6-5-9-20(21)22(26)25(16)23-15-17-11-13-19(14-12-17)27-18-7-3-2-4-8-18/h2-15H,1H3/b23-15-. The fourth-order valence-electron chi connectivity index (χ4n) is 2.74. The second-order valence-corrected chi connectivity index (χ2v) is 7.17. The van der Waals surface area contributed by atoms with Crippen molar-refractivity contribution in [3.8, 4) is 0 Å². The lowest BCUT2D eigenvalue weighted by Crippen LogP contribution is -2.20. The van der Waals surface area contributed by atoms with Crippen LogP contribution in [-0.2, 0) is 0 Å². The Morgan fingerprint density at radius 1 is 0.889 bits per heavy atom. The van der Waals surface area contributed by atoms with Crippen molar-refractivity contribution in [2.24, 2.45) is 5.10 Å². The van der Waals surface area contributed by atoms with Crippen molar-refractivity contribution >= 4 is 28.9 Å². The molecule has 132 valence electrons.